The molecule has 0 atom stereocenters. The summed E-state index contributed by atoms with van der Waals surface area (Å²) in [7, 11) is 0. The van der Waals surface area contributed by atoms with Gasteiger partial charge < -0.3 is 5.32 Å². The van der Waals surface area contributed by atoms with Crippen molar-refractivity contribution >= 4 is 34.1 Å². The Labute approximate surface area is 212 Å². The topological polar surface area (TPSA) is 72.7 Å². The third-order valence-corrected chi connectivity index (χ3v) is 7.16. The molecule has 0 aliphatic rings. The summed E-state index contributed by atoms with van der Waals surface area (Å²) in [5.41, 5.74) is 5.00. The van der Waals surface area contributed by atoms with Gasteiger partial charge in [0.15, 0.2) is 16.1 Å². The van der Waals surface area contributed by atoms with Crippen LogP contribution in [0.2, 0.25) is 0 Å². The van der Waals surface area contributed by atoms with Crippen LogP contribution in [-0.2, 0) is 4.79 Å². The zero-order valence-corrected chi connectivity index (χ0v) is 20.9. The Morgan fingerprint density at radius 3 is 2.37 bits per heavy atom. The molecule has 0 unspecified atom stereocenters. The molecule has 5 aromatic rings. The van der Waals surface area contributed by atoms with Gasteiger partial charge in [0.05, 0.1) is 11.4 Å². The molecule has 0 aliphatic carbocycles. The summed E-state index contributed by atoms with van der Waals surface area (Å²) in [5, 5.41) is 13.1. The molecule has 5 rings (SSSR count). The van der Waals surface area contributed by atoms with Crippen LogP contribution in [0.3, 0.4) is 0 Å². The number of rotatable bonds is 7. The van der Waals surface area contributed by atoms with E-state index in [9.17, 15) is 4.79 Å². The van der Waals surface area contributed by atoms with Crippen molar-refractivity contribution in [1.29, 1.82) is 0 Å². The zero-order chi connectivity index (χ0) is 24.2. The number of thiazole rings is 1. The Balaban J connectivity index is 1.35. The summed E-state index contributed by atoms with van der Waals surface area (Å²) < 4.78 is 1.99. The lowest BCUT2D eigenvalue weighted by molar-refractivity contribution is -0.113. The second kappa shape index (κ2) is 10.2. The average molecular weight is 498 g/mol. The van der Waals surface area contributed by atoms with Gasteiger partial charge in [-0.1, -0.05) is 84.1 Å². The molecule has 2 aromatic heterocycles. The van der Waals surface area contributed by atoms with Crippen LogP contribution in [0, 0.1) is 13.8 Å². The molecule has 2 heterocycles. The molecule has 35 heavy (non-hydrogen) atoms. The van der Waals surface area contributed by atoms with Crippen molar-refractivity contribution in [2.24, 2.45) is 0 Å². The molecule has 0 radical (unpaired) electrons. The number of thioether (sulfide) groups is 1. The van der Waals surface area contributed by atoms with E-state index in [1.807, 2.05) is 84.3 Å². The predicted molar refractivity (Wildman–Crippen MR) is 143 cm³/mol. The highest BCUT2D eigenvalue weighted by atomic mass is 32.2. The zero-order valence-electron chi connectivity index (χ0n) is 19.3. The highest BCUT2D eigenvalue weighted by molar-refractivity contribution is 7.99. The van der Waals surface area contributed by atoms with Gasteiger partial charge in [0.1, 0.15) is 0 Å². The number of nitrogens with zero attached hydrogens (tertiary/aromatic N) is 4. The molecule has 0 bridgehead atoms. The smallest absolute Gasteiger partial charge is 0.236 e. The van der Waals surface area contributed by atoms with E-state index in [0.29, 0.717) is 10.3 Å². The first kappa shape index (κ1) is 23.0. The van der Waals surface area contributed by atoms with E-state index in [1.165, 1.54) is 23.1 Å². The first-order chi connectivity index (χ1) is 17.1. The van der Waals surface area contributed by atoms with Gasteiger partial charge in [-0.2, -0.15) is 0 Å². The van der Waals surface area contributed by atoms with Crippen molar-refractivity contribution < 1.29 is 4.79 Å². The number of aromatic nitrogens is 4. The number of hydrogen-bond acceptors (Lipinski definition) is 6. The number of carbonyl (C=O) groups is 1. The van der Waals surface area contributed by atoms with E-state index < -0.39 is 0 Å². The standard InChI is InChI=1S/C27H23N5OS2/c1-18-10-9-13-21(16-18)25-30-31-27(32(25)22-14-7-4-8-15-22)34-17-23(33)28-26-29-24(19(2)35-26)20-11-5-3-6-12-20/h3-16H,17H2,1-2H3,(H,28,29,33). The van der Waals surface area contributed by atoms with Gasteiger partial charge in [0.25, 0.3) is 0 Å². The second-order valence-corrected chi connectivity index (χ2v) is 10.1. The Morgan fingerprint density at radius 2 is 1.63 bits per heavy atom. The van der Waals surface area contributed by atoms with Crippen LogP contribution in [0.5, 0.6) is 0 Å². The quantitative estimate of drug-likeness (QED) is 0.263. The molecule has 3 aromatic carbocycles. The van der Waals surface area contributed by atoms with Gasteiger partial charge in [0, 0.05) is 21.7 Å². The highest BCUT2D eigenvalue weighted by Crippen LogP contribution is 2.31. The summed E-state index contributed by atoms with van der Waals surface area (Å²) >= 11 is 2.83. The van der Waals surface area contributed by atoms with Crippen LogP contribution in [0.1, 0.15) is 10.4 Å². The normalized spacial score (nSPS) is 10.9. The van der Waals surface area contributed by atoms with Gasteiger partial charge in [0.2, 0.25) is 5.91 Å². The molecule has 6 nitrogen and oxygen atoms in total. The molecule has 0 saturated carbocycles. The largest absolute Gasteiger partial charge is 0.301 e. The Hall–Kier alpha value is -3.75. The Morgan fingerprint density at radius 1 is 0.914 bits per heavy atom. The maximum Gasteiger partial charge on any atom is 0.236 e. The lowest BCUT2D eigenvalue weighted by Gasteiger charge is -2.10. The molecule has 1 amide bonds. The number of benzene rings is 3. The van der Waals surface area contributed by atoms with Crippen LogP contribution in [0.4, 0.5) is 5.13 Å². The van der Waals surface area contributed by atoms with Crippen molar-refractivity contribution in [1.82, 2.24) is 19.7 Å². The Kier molecular flexibility index (Phi) is 6.74. The number of para-hydroxylation sites is 1. The monoisotopic (exact) mass is 497 g/mol. The molecule has 0 aliphatic heterocycles. The first-order valence-corrected chi connectivity index (χ1v) is 12.9. The highest BCUT2D eigenvalue weighted by Gasteiger charge is 2.18. The molecular weight excluding hydrogens is 474 g/mol. The van der Waals surface area contributed by atoms with E-state index in [1.54, 1.807) is 0 Å². The maximum atomic E-state index is 12.8. The van der Waals surface area contributed by atoms with Crippen molar-refractivity contribution in [3.05, 3.63) is 95.4 Å². The van der Waals surface area contributed by atoms with Gasteiger partial charge in [-0.05, 0) is 32.0 Å². The first-order valence-electron chi connectivity index (χ1n) is 11.1. The third kappa shape index (κ3) is 5.18. The lowest BCUT2D eigenvalue weighted by atomic mass is 10.1. The number of hydrogen-bond donors (Lipinski definition) is 1. The third-order valence-electron chi connectivity index (χ3n) is 5.35. The Bertz CT molecular complexity index is 1460. The number of nitrogens with one attached hydrogen (secondary N) is 1. The SMILES string of the molecule is Cc1cccc(-c2nnc(SCC(=O)Nc3nc(-c4ccccc4)c(C)s3)n2-c2ccccc2)c1. The fourth-order valence-electron chi connectivity index (χ4n) is 3.74. The fourth-order valence-corrected chi connectivity index (χ4v) is 5.35. The van der Waals surface area contributed by atoms with Crippen molar-refractivity contribution in [2.45, 2.75) is 19.0 Å². The van der Waals surface area contributed by atoms with Crippen molar-refractivity contribution in [2.75, 3.05) is 11.1 Å². The van der Waals surface area contributed by atoms with E-state index in [-0.39, 0.29) is 11.7 Å². The van der Waals surface area contributed by atoms with E-state index >= 15 is 0 Å². The minimum Gasteiger partial charge on any atom is -0.301 e. The van der Waals surface area contributed by atoms with Gasteiger partial charge in [-0.15, -0.1) is 21.5 Å². The summed E-state index contributed by atoms with van der Waals surface area (Å²) in [5.74, 6) is 0.798. The predicted octanol–water partition coefficient (Wildman–Crippen LogP) is 6.41. The van der Waals surface area contributed by atoms with Crippen LogP contribution in [0.25, 0.3) is 28.3 Å². The van der Waals surface area contributed by atoms with E-state index in [0.717, 1.165) is 38.8 Å². The summed E-state index contributed by atoms with van der Waals surface area (Å²) in [6, 6.07) is 28.1. The van der Waals surface area contributed by atoms with Crippen LogP contribution in [0.15, 0.2) is 90.1 Å². The summed E-state index contributed by atoms with van der Waals surface area (Å²) in [6.07, 6.45) is 0. The van der Waals surface area contributed by atoms with Crippen LogP contribution < -0.4 is 5.32 Å². The molecule has 174 valence electrons. The number of aryl methyl sites for hydroxylation is 2. The number of anilines is 1. The second-order valence-electron chi connectivity index (χ2n) is 7.97. The van der Waals surface area contributed by atoms with Gasteiger partial charge >= 0.3 is 0 Å². The number of carbonyl (C=O) groups excluding carboxylic acids is 1. The summed E-state index contributed by atoms with van der Waals surface area (Å²) in [6.45, 7) is 4.07. The summed E-state index contributed by atoms with van der Waals surface area (Å²) in [4.78, 5) is 18.5. The van der Waals surface area contributed by atoms with E-state index in [2.05, 4.69) is 39.6 Å². The van der Waals surface area contributed by atoms with Gasteiger partial charge in [-0.3, -0.25) is 9.36 Å². The van der Waals surface area contributed by atoms with Gasteiger partial charge in [-0.25, -0.2) is 4.98 Å². The maximum absolute atomic E-state index is 12.8. The molecule has 1 N–H and O–H groups in total. The van der Waals surface area contributed by atoms with Crippen molar-refractivity contribution in [3.8, 4) is 28.3 Å². The van der Waals surface area contributed by atoms with Crippen LogP contribution >= 0.6 is 23.1 Å². The minimum atomic E-state index is -0.136. The molecule has 0 spiro atoms. The van der Waals surface area contributed by atoms with Crippen molar-refractivity contribution in [3.63, 3.8) is 0 Å². The molecule has 0 fully saturated rings. The molecule has 8 heteroatoms. The van der Waals surface area contributed by atoms with E-state index in [4.69, 9.17) is 0 Å². The number of amides is 1. The average Bonchev–Trinajstić information content (AvgIpc) is 3.47. The minimum absolute atomic E-state index is 0.136. The lowest BCUT2D eigenvalue weighted by Crippen LogP contribution is -2.14. The molecule has 0 saturated heterocycles. The molecular formula is C27H23N5OS2. The fraction of sp³-hybridized carbons (Fsp3) is 0.111. The van der Waals surface area contributed by atoms with Crippen LogP contribution in [-0.4, -0.2) is 31.4 Å².